The average molecular weight is 222 g/mol. The molecule has 0 fully saturated rings. The molecule has 0 aliphatic heterocycles. The van der Waals surface area contributed by atoms with Gasteiger partial charge in [-0.15, -0.1) is 11.8 Å². The molecule has 0 radical (unpaired) electrons. The summed E-state index contributed by atoms with van der Waals surface area (Å²) in [6, 6.07) is 6.54. The lowest BCUT2D eigenvalue weighted by atomic mass is 10.2. The van der Waals surface area contributed by atoms with E-state index in [1.807, 2.05) is 17.0 Å². The molecule has 0 amide bonds. The van der Waals surface area contributed by atoms with Gasteiger partial charge in [-0.2, -0.15) is 0 Å². The van der Waals surface area contributed by atoms with Crippen LogP contribution in [-0.2, 0) is 6.54 Å². The standard InChI is InChI=1S/C11H11FN2S/c1-15-11-6-13-8-14(11)7-9-2-4-10(12)5-3-9/h2-6,8H,7H2,1H3. The van der Waals surface area contributed by atoms with E-state index in [9.17, 15) is 4.39 Å². The number of hydrogen-bond acceptors (Lipinski definition) is 2. The number of imidazole rings is 1. The second-order valence-corrected chi connectivity index (χ2v) is 4.02. The Morgan fingerprint density at radius 1 is 1.33 bits per heavy atom. The van der Waals surface area contributed by atoms with Crippen molar-refractivity contribution in [2.75, 3.05) is 6.26 Å². The second-order valence-electron chi connectivity index (χ2n) is 3.19. The summed E-state index contributed by atoms with van der Waals surface area (Å²) in [5.74, 6) is -0.200. The maximum Gasteiger partial charge on any atom is 0.123 e. The topological polar surface area (TPSA) is 17.8 Å². The van der Waals surface area contributed by atoms with E-state index < -0.39 is 0 Å². The second kappa shape index (κ2) is 4.49. The molecule has 0 atom stereocenters. The van der Waals surface area contributed by atoms with Crippen LogP contribution in [0.4, 0.5) is 4.39 Å². The normalized spacial score (nSPS) is 10.5. The highest BCUT2D eigenvalue weighted by molar-refractivity contribution is 7.98. The van der Waals surface area contributed by atoms with E-state index in [0.29, 0.717) is 0 Å². The van der Waals surface area contributed by atoms with Crippen molar-refractivity contribution in [3.05, 3.63) is 48.2 Å². The number of hydrogen-bond donors (Lipinski definition) is 0. The fraction of sp³-hybridized carbons (Fsp3) is 0.182. The van der Waals surface area contributed by atoms with Gasteiger partial charge in [0.2, 0.25) is 0 Å². The highest BCUT2D eigenvalue weighted by Crippen LogP contribution is 2.15. The molecule has 0 aliphatic carbocycles. The number of nitrogens with zero attached hydrogens (tertiary/aromatic N) is 2. The molecule has 1 heterocycles. The van der Waals surface area contributed by atoms with Crippen molar-refractivity contribution in [3.8, 4) is 0 Å². The molecule has 0 bridgehead atoms. The van der Waals surface area contributed by atoms with Crippen LogP contribution in [0.25, 0.3) is 0 Å². The number of halogens is 1. The lowest BCUT2D eigenvalue weighted by Gasteiger charge is -2.05. The zero-order chi connectivity index (χ0) is 10.7. The summed E-state index contributed by atoms with van der Waals surface area (Å²) in [5, 5.41) is 1.11. The Morgan fingerprint density at radius 3 is 2.73 bits per heavy atom. The van der Waals surface area contributed by atoms with Gasteiger partial charge in [-0.25, -0.2) is 9.37 Å². The first-order valence-corrected chi connectivity index (χ1v) is 5.80. The van der Waals surface area contributed by atoms with Crippen LogP contribution >= 0.6 is 11.8 Å². The molecule has 15 heavy (non-hydrogen) atoms. The highest BCUT2D eigenvalue weighted by Gasteiger charge is 2.01. The quantitative estimate of drug-likeness (QED) is 0.743. The molecule has 78 valence electrons. The number of benzene rings is 1. The fourth-order valence-corrected chi connectivity index (χ4v) is 1.90. The lowest BCUT2D eigenvalue weighted by Crippen LogP contribution is -1.99. The summed E-state index contributed by atoms with van der Waals surface area (Å²) in [7, 11) is 0. The van der Waals surface area contributed by atoms with Gasteiger partial charge < -0.3 is 4.57 Å². The van der Waals surface area contributed by atoms with E-state index in [0.717, 1.165) is 17.1 Å². The fourth-order valence-electron chi connectivity index (χ4n) is 1.38. The van der Waals surface area contributed by atoms with E-state index in [-0.39, 0.29) is 5.82 Å². The van der Waals surface area contributed by atoms with Gasteiger partial charge in [0.25, 0.3) is 0 Å². The Bertz CT molecular complexity index is 436. The van der Waals surface area contributed by atoms with Gasteiger partial charge >= 0.3 is 0 Å². The first kappa shape index (κ1) is 10.2. The molecule has 2 rings (SSSR count). The largest absolute Gasteiger partial charge is 0.321 e. The smallest absolute Gasteiger partial charge is 0.123 e. The minimum Gasteiger partial charge on any atom is -0.321 e. The summed E-state index contributed by atoms with van der Waals surface area (Å²) in [6.45, 7) is 0.733. The summed E-state index contributed by atoms with van der Waals surface area (Å²) in [4.78, 5) is 4.07. The summed E-state index contributed by atoms with van der Waals surface area (Å²) in [6.07, 6.45) is 5.63. The lowest BCUT2D eigenvalue weighted by molar-refractivity contribution is 0.625. The van der Waals surface area contributed by atoms with Crippen LogP contribution in [0.1, 0.15) is 5.56 Å². The summed E-state index contributed by atoms with van der Waals surface area (Å²) < 4.78 is 14.7. The monoisotopic (exact) mass is 222 g/mol. The van der Waals surface area contributed by atoms with Gasteiger partial charge in [0.15, 0.2) is 0 Å². The minimum atomic E-state index is -0.200. The van der Waals surface area contributed by atoms with E-state index in [2.05, 4.69) is 4.98 Å². The van der Waals surface area contributed by atoms with Crippen molar-refractivity contribution < 1.29 is 4.39 Å². The van der Waals surface area contributed by atoms with Crippen LogP contribution in [0.3, 0.4) is 0 Å². The number of thioether (sulfide) groups is 1. The Hall–Kier alpha value is -1.29. The zero-order valence-electron chi connectivity index (χ0n) is 8.35. The Labute approximate surface area is 92.1 Å². The number of rotatable bonds is 3. The van der Waals surface area contributed by atoms with Crippen molar-refractivity contribution in [1.29, 1.82) is 0 Å². The molecule has 0 saturated heterocycles. The van der Waals surface area contributed by atoms with Crippen molar-refractivity contribution in [2.45, 2.75) is 11.6 Å². The van der Waals surface area contributed by atoms with Crippen LogP contribution in [0, 0.1) is 5.82 Å². The third kappa shape index (κ3) is 2.39. The molecule has 2 aromatic rings. The average Bonchev–Trinajstić information content (AvgIpc) is 2.69. The van der Waals surface area contributed by atoms with Gasteiger partial charge in [0.05, 0.1) is 17.6 Å². The molecule has 1 aromatic heterocycles. The molecule has 0 aliphatic rings. The van der Waals surface area contributed by atoms with Gasteiger partial charge in [0.1, 0.15) is 5.82 Å². The van der Waals surface area contributed by atoms with Crippen molar-refractivity contribution >= 4 is 11.8 Å². The maximum atomic E-state index is 12.7. The highest BCUT2D eigenvalue weighted by atomic mass is 32.2. The molecular formula is C11H11FN2S. The summed E-state index contributed by atoms with van der Waals surface area (Å²) in [5.41, 5.74) is 1.07. The molecule has 4 heteroatoms. The van der Waals surface area contributed by atoms with Crippen LogP contribution < -0.4 is 0 Å². The zero-order valence-corrected chi connectivity index (χ0v) is 9.17. The molecule has 0 unspecified atom stereocenters. The molecule has 1 aromatic carbocycles. The minimum absolute atomic E-state index is 0.200. The van der Waals surface area contributed by atoms with Gasteiger partial charge in [-0.1, -0.05) is 12.1 Å². The van der Waals surface area contributed by atoms with E-state index in [1.54, 1.807) is 30.2 Å². The molecule has 0 spiro atoms. The Kier molecular flexibility index (Phi) is 3.06. The Morgan fingerprint density at radius 2 is 2.07 bits per heavy atom. The van der Waals surface area contributed by atoms with Crippen molar-refractivity contribution in [1.82, 2.24) is 9.55 Å². The first-order valence-electron chi connectivity index (χ1n) is 4.58. The molecule has 2 nitrogen and oxygen atoms in total. The van der Waals surface area contributed by atoms with E-state index >= 15 is 0 Å². The van der Waals surface area contributed by atoms with Crippen LogP contribution in [-0.4, -0.2) is 15.8 Å². The predicted octanol–water partition coefficient (Wildman–Crippen LogP) is 2.79. The maximum absolute atomic E-state index is 12.7. The van der Waals surface area contributed by atoms with Crippen LogP contribution in [0.15, 0.2) is 41.8 Å². The third-order valence-electron chi connectivity index (χ3n) is 2.15. The predicted molar refractivity (Wildman–Crippen MR) is 59.5 cm³/mol. The van der Waals surface area contributed by atoms with E-state index in [4.69, 9.17) is 0 Å². The van der Waals surface area contributed by atoms with E-state index in [1.165, 1.54) is 12.1 Å². The first-order chi connectivity index (χ1) is 7.29. The van der Waals surface area contributed by atoms with Crippen LogP contribution in [0.2, 0.25) is 0 Å². The SMILES string of the molecule is CSc1cncn1Cc1ccc(F)cc1. The van der Waals surface area contributed by atoms with Crippen molar-refractivity contribution in [2.24, 2.45) is 0 Å². The van der Waals surface area contributed by atoms with Gasteiger partial charge in [-0.05, 0) is 24.0 Å². The molecule has 0 saturated carbocycles. The van der Waals surface area contributed by atoms with Gasteiger partial charge in [-0.3, -0.25) is 0 Å². The van der Waals surface area contributed by atoms with Crippen LogP contribution in [0.5, 0.6) is 0 Å². The summed E-state index contributed by atoms with van der Waals surface area (Å²) >= 11 is 1.65. The Balaban J connectivity index is 2.18. The molecule has 0 N–H and O–H groups in total. The third-order valence-corrected chi connectivity index (χ3v) is 2.91. The van der Waals surface area contributed by atoms with Crippen molar-refractivity contribution in [3.63, 3.8) is 0 Å². The number of aromatic nitrogens is 2. The molecular weight excluding hydrogens is 211 g/mol. The van der Waals surface area contributed by atoms with Gasteiger partial charge in [0, 0.05) is 6.54 Å².